The van der Waals surface area contributed by atoms with Gasteiger partial charge in [0.15, 0.2) is 5.96 Å². The fraction of sp³-hybridized carbons (Fsp3) is 0.375. The van der Waals surface area contributed by atoms with Gasteiger partial charge >= 0.3 is 0 Å². The Bertz CT molecular complexity index is 642. The molecule has 7 heteroatoms. The number of rotatable bonds is 6. The first-order valence-electron chi connectivity index (χ1n) is 7.35. The molecule has 2 aromatic rings. The molecule has 0 aliphatic rings. The monoisotopic (exact) mass is 336 g/mol. The van der Waals surface area contributed by atoms with Gasteiger partial charge < -0.3 is 15.4 Å². The number of nitrogens with one attached hydrogen (secondary N) is 2. The van der Waals surface area contributed by atoms with Gasteiger partial charge in [-0.25, -0.2) is 9.37 Å². The van der Waals surface area contributed by atoms with E-state index >= 15 is 0 Å². The number of hydrogen-bond acceptors (Lipinski definition) is 4. The number of thiazole rings is 1. The highest BCUT2D eigenvalue weighted by Crippen LogP contribution is 2.13. The second kappa shape index (κ2) is 8.47. The summed E-state index contributed by atoms with van der Waals surface area (Å²) in [6, 6.07) is 5.99. The van der Waals surface area contributed by atoms with E-state index < -0.39 is 0 Å². The molecule has 1 atom stereocenters. The summed E-state index contributed by atoms with van der Waals surface area (Å²) in [6.07, 6.45) is 1.78. The highest BCUT2D eigenvalue weighted by atomic mass is 32.1. The maximum atomic E-state index is 12.9. The van der Waals surface area contributed by atoms with E-state index in [0.29, 0.717) is 24.8 Å². The molecule has 0 radical (unpaired) electrons. The first-order chi connectivity index (χ1) is 11.1. The number of benzene rings is 1. The fourth-order valence-electron chi connectivity index (χ4n) is 1.89. The maximum Gasteiger partial charge on any atom is 0.191 e. The number of aryl methyl sites for hydroxylation is 1. The summed E-state index contributed by atoms with van der Waals surface area (Å²) >= 11 is 1.66. The number of aromatic nitrogens is 1. The van der Waals surface area contributed by atoms with E-state index in [1.165, 1.54) is 17.0 Å². The number of hydrogen-bond donors (Lipinski definition) is 2. The van der Waals surface area contributed by atoms with Gasteiger partial charge in [-0.2, -0.15) is 0 Å². The van der Waals surface area contributed by atoms with Crippen LogP contribution in [-0.4, -0.2) is 30.6 Å². The van der Waals surface area contributed by atoms with Crippen LogP contribution in [0, 0.1) is 12.7 Å². The molecule has 1 unspecified atom stereocenters. The van der Waals surface area contributed by atoms with E-state index in [1.807, 2.05) is 20.0 Å². The van der Waals surface area contributed by atoms with Gasteiger partial charge in [-0.1, -0.05) is 0 Å². The van der Waals surface area contributed by atoms with E-state index in [4.69, 9.17) is 4.74 Å². The van der Waals surface area contributed by atoms with Crippen molar-refractivity contribution in [3.63, 3.8) is 0 Å². The predicted molar refractivity (Wildman–Crippen MR) is 91.5 cm³/mol. The van der Waals surface area contributed by atoms with Gasteiger partial charge in [-0.05, 0) is 38.1 Å². The largest absolute Gasteiger partial charge is 0.489 e. The van der Waals surface area contributed by atoms with Crippen molar-refractivity contribution in [2.45, 2.75) is 26.5 Å². The maximum absolute atomic E-state index is 12.9. The van der Waals surface area contributed by atoms with E-state index in [1.54, 1.807) is 30.5 Å². The molecule has 0 aliphatic heterocycles. The number of ether oxygens (including phenoxy) is 1. The van der Waals surface area contributed by atoms with Crippen molar-refractivity contribution in [2.75, 3.05) is 13.6 Å². The molecule has 1 aromatic heterocycles. The molecule has 23 heavy (non-hydrogen) atoms. The molecule has 1 aromatic carbocycles. The average Bonchev–Trinajstić information content (AvgIpc) is 2.95. The Hall–Kier alpha value is -2.15. The molecule has 2 N–H and O–H groups in total. The first-order valence-corrected chi connectivity index (χ1v) is 8.16. The standard InChI is InChI=1S/C16H21FN4OS/c1-11(22-14-6-4-13(17)5-7-14)8-20-16(18-3)21-10-15-19-9-12(2)23-15/h4-7,9,11H,8,10H2,1-3H3,(H2,18,20,21). The van der Waals surface area contributed by atoms with Crippen LogP contribution in [0.25, 0.3) is 0 Å². The molecule has 0 fully saturated rings. The lowest BCUT2D eigenvalue weighted by Gasteiger charge is -2.17. The lowest BCUT2D eigenvalue weighted by molar-refractivity contribution is 0.223. The zero-order chi connectivity index (χ0) is 16.7. The number of guanidine groups is 1. The van der Waals surface area contributed by atoms with Gasteiger partial charge in [0.05, 0.1) is 13.1 Å². The van der Waals surface area contributed by atoms with Crippen LogP contribution in [0.15, 0.2) is 35.5 Å². The molecule has 0 spiro atoms. The van der Waals surface area contributed by atoms with Gasteiger partial charge in [0.25, 0.3) is 0 Å². The van der Waals surface area contributed by atoms with Gasteiger partial charge in [0.1, 0.15) is 22.7 Å². The Morgan fingerprint density at radius 2 is 2.09 bits per heavy atom. The molecule has 124 valence electrons. The first kappa shape index (κ1) is 17.2. The van der Waals surface area contributed by atoms with Crippen molar-refractivity contribution in [1.29, 1.82) is 0 Å². The van der Waals surface area contributed by atoms with Gasteiger partial charge in [-0.15, -0.1) is 11.3 Å². The predicted octanol–water partition coefficient (Wildman–Crippen LogP) is 2.72. The smallest absolute Gasteiger partial charge is 0.191 e. The second-order valence-electron chi connectivity index (χ2n) is 5.05. The Kier molecular flexibility index (Phi) is 6.34. The molecule has 0 saturated heterocycles. The molecule has 0 bridgehead atoms. The Morgan fingerprint density at radius 3 is 2.70 bits per heavy atom. The summed E-state index contributed by atoms with van der Waals surface area (Å²) in [6.45, 7) is 5.18. The second-order valence-corrected chi connectivity index (χ2v) is 6.37. The molecule has 0 aliphatic carbocycles. The number of halogens is 1. The van der Waals surface area contributed by atoms with E-state index in [0.717, 1.165) is 5.01 Å². The van der Waals surface area contributed by atoms with Crippen molar-refractivity contribution in [1.82, 2.24) is 15.6 Å². The Labute approximate surface area is 139 Å². The van der Waals surface area contributed by atoms with Crippen LogP contribution >= 0.6 is 11.3 Å². The van der Waals surface area contributed by atoms with E-state index in [2.05, 4.69) is 20.6 Å². The average molecular weight is 336 g/mol. The fourth-order valence-corrected chi connectivity index (χ4v) is 2.62. The van der Waals surface area contributed by atoms with Crippen LogP contribution in [0.5, 0.6) is 5.75 Å². The van der Waals surface area contributed by atoms with Crippen molar-refractivity contribution in [2.24, 2.45) is 4.99 Å². The van der Waals surface area contributed by atoms with Crippen LogP contribution in [0.2, 0.25) is 0 Å². The highest BCUT2D eigenvalue weighted by molar-refractivity contribution is 7.11. The Morgan fingerprint density at radius 1 is 1.35 bits per heavy atom. The zero-order valence-electron chi connectivity index (χ0n) is 13.5. The Balaban J connectivity index is 1.75. The molecule has 5 nitrogen and oxygen atoms in total. The highest BCUT2D eigenvalue weighted by Gasteiger charge is 2.07. The van der Waals surface area contributed by atoms with Gasteiger partial charge in [0, 0.05) is 18.1 Å². The van der Waals surface area contributed by atoms with Crippen molar-refractivity contribution >= 4 is 17.3 Å². The van der Waals surface area contributed by atoms with Crippen molar-refractivity contribution in [3.8, 4) is 5.75 Å². The van der Waals surface area contributed by atoms with Crippen LogP contribution in [0.4, 0.5) is 4.39 Å². The van der Waals surface area contributed by atoms with E-state index in [9.17, 15) is 4.39 Å². The third kappa shape index (κ3) is 5.86. The van der Waals surface area contributed by atoms with Crippen molar-refractivity contribution in [3.05, 3.63) is 46.2 Å². The third-order valence-corrected chi connectivity index (χ3v) is 3.92. The van der Waals surface area contributed by atoms with Gasteiger partial charge in [0.2, 0.25) is 0 Å². The van der Waals surface area contributed by atoms with Crippen LogP contribution in [0.1, 0.15) is 16.8 Å². The van der Waals surface area contributed by atoms with Crippen LogP contribution in [0.3, 0.4) is 0 Å². The molecule has 0 saturated carbocycles. The quantitative estimate of drug-likeness (QED) is 0.629. The van der Waals surface area contributed by atoms with Gasteiger partial charge in [-0.3, -0.25) is 4.99 Å². The van der Waals surface area contributed by atoms with Crippen molar-refractivity contribution < 1.29 is 9.13 Å². The summed E-state index contributed by atoms with van der Waals surface area (Å²) in [5, 5.41) is 7.42. The number of nitrogens with zero attached hydrogens (tertiary/aromatic N) is 2. The normalized spacial score (nSPS) is 12.8. The SMILES string of the molecule is CN=C(NCc1ncc(C)s1)NCC(C)Oc1ccc(F)cc1. The minimum atomic E-state index is -0.273. The molecular weight excluding hydrogens is 315 g/mol. The minimum Gasteiger partial charge on any atom is -0.489 e. The van der Waals surface area contributed by atoms with E-state index in [-0.39, 0.29) is 11.9 Å². The lowest BCUT2D eigenvalue weighted by atomic mass is 10.3. The van der Waals surface area contributed by atoms with Crippen LogP contribution < -0.4 is 15.4 Å². The number of aliphatic imine (C=N–C) groups is 1. The molecular formula is C16H21FN4OS. The molecule has 1 heterocycles. The third-order valence-electron chi connectivity index (χ3n) is 3.01. The topological polar surface area (TPSA) is 58.5 Å². The summed E-state index contributed by atoms with van der Waals surface area (Å²) in [5.74, 6) is 1.06. The summed E-state index contributed by atoms with van der Waals surface area (Å²) in [5.41, 5.74) is 0. The van der Waals surface area contributed by atoms with Crippen LogP contribution in [-0.2, 0) is 6.54 Å². The summed E-state index contributed by atoms with van der Waals surface area (Å²) in [4.78, 5) is 9.65. The minimum absolute atomic E-state index is 0.0823. The zero-order valence-corrected chi connectivity index (χ0v) is 14.3. The molecule has 2 rings (SSSR count). The molecule has 0 amide bonds. The summed E-state index contributed by atoms with van der Waals surface area (Å²) in [7, 11) is 1.72. The lowest BCUT2D eigenvalue weighted by Crippen LogP contribution is -2.41. The summed E-state index contributed by atoms with van der Waals surface area (Å²) < 4.78 is 18.6.